The van der Waals surface area contributed by atoms with Crippen molar-refractivity contribution in [1.29, 1.82) is 0 Å². The van der Waals surface area contributed by atoms with Crippen molar-refractivity contribution in [3.63, 3.8) is 0 Å². The fourth-order valence-electron chi connectivity index (χ4n) is 5.40. The van der Waals surface area contributed by atoms with Gasteiger partial charge in [0, 0.05) is 35.9 Å². The van der Waals surface area contributed by atoms with Crippen molar-refractivity contribution in [3.8, 4) is 11.8 Å². The van der Waals surface area contributed by atoms with Crippen LogP contribution in [-0.2, 0) is 0 Å². The lowest BCUT2D eigenvalue weighted by Crippen LogP contribution is -2.28. The SMILES string of the molecule is CC.N.[CH2]CCC(CC[CH2])CCC#Cc1ccc(C2=C3C(C4=CCC(CC)CC4)=CC=CN3NC2)cc1. The van der Waals surface area contributed by atoms with Gasteiger partial charge in [0.05, 0.1) is 5.70 Å². The predicted molar refractivity (Wildman–Crippen MR) is 161 cm³/mol. The maximum Gasteiger partial charge on any atom is 0.0697 e. The smallest absolute Gasteiger partial charge is 0.0697 e. The summed E-state index contributed by atoms with van der Waals surface area (Å²) in [4.78, 5) is 0. The normalized spacial score (nSPS) is 18.2. The summed E-state index contributed by atoms with van der Waals surface area (Å²) in [6.07, 6.45) is 20.6. The minimum Gasteiger partial charge on any atom is -0.344 e. The molecule has 0 fully saturated rings. The quantitative estimate of drug-likeness (QED) is 0.333. The number of hydrogen-bond acceptors (Lipinski definition) is 3. The molecule has 3 nitrogen and oxygen atoms in total. The van der Waals surface area contributed by atoms with Crippen molar-refractivity contribution in [2.24, 2.45) is 11.8 Å². The Morgan fingerprint density at radius 2 is 1.81 bits per heavy atom. The average Bonchev–Trinajstić information content (AvgIpc) is 3.37. The molecule has 0 spiro atoms. The number of hydrogen-bond donors (Lipinski definition) is 2. The molecule has 1 aromatic carbocycles. The van der Waals surface area contributed by atoms with Crippen molar-refractivity contribution >= 4 is 5.57 Å². The summed E-state index contributed by atoms with van der Waals surface area (Å²) in [7, 11) is 0. The molecule has 3 aliphatic rings. The fraction of sp³-hybridized carbons (Fsp3) is 0.471. The van der Waals surface area contributed by atoms with E-state index in [1.165, 1.54) is 66.5 Å². The van der Waals surface area contributed by atoms with Gasteiger partial charge in [-0.25, -0.2) is 5.43 Å². The van der Waals surface area contributed by atoms with Crippen LogP contribution < -0.4 is 11.6 Å². The highest BCUT2D eigenvalue weighted by molar-refractivity contribution is 5.78. The van der Waals surface area contributed by atoms with Crippen LogP contribution in [0.1, 0.15) is 96.1 Å². The first-order chi connectivity index (χ1) is 17.7. The fourth-order valence-corrected chi connectivity index (χ4v) is 5.40. The Bertz CT molecular complexity index is 1010. The zero-order valence-corrected chi connectivity index (χ0v) is 23.6. The molecular formula is C34H49N3. The van der Waals surface area contributed by atoms with E-state index >= 15 is 0 Å². The lowest BCUT2D eigenvalue weighted by Gasteiger charge is -2.28. The second-order valence-corrected chi connectivity index (χ2v) is 9.80. The van der Waals surface area contributed by atoms with E-state index in [2.05, 4.69) is 91.7 Å². The Morgan fingerprint density at radius 3 is 2.43 bits per heavy atom. The van der Waals surface area contributed by atoms with Gasteiger partial charge in [0.25, 0.3) is 0 Å². The molecule has 0 aromatic heterocycles. The van der Waals surface area contributed by atoms with Crippen molar-refractivity contribution in [2.75, 3.05) is 6.54 Å². The zero-order chi connectivity index (χ0) is 25.8. The average molecular weight is 500 g/mol. The first-order valence-corrected chi connectivity index (χ1v) is 14.2. The summed E-state index contributed by atoms with van der Waals surface area (Å²) in [5.74, 6) is 8.33. The van der Waals surface area contributed by atoms with Gasteiger partial charge >= 0.3 is 0 Å². The van der Waals surface area contributed by atoms with Gasteiger partial charge in [0.1, 0.15) is 0 Å². The van der Waals surface area contributed by atoms with Crippen LogP contribution in [0.5, 0.6) is 0 Å². The number of rotatable bonds is 9. The van der Waals surface area contributed by atoms with E-state index in [0.717, 1.165) is 49.6 Å². The number of hydrazine groups is 1. The second-order valence-electron chi connectivity index (χ2n) is 9.80. The number of benzene rings is 1. The standard InChI is InChI=1S/C32H40N2.C2H6.H3N/c1-4-10-26(11-5-2)12-7-8-13-27-17-21-29(22-18-27)31-24-33-34-23-9-14-30(32(31)34)28-19-15-25(6-3)16-20-28;1-2;/h9,14,17-19,21-23,25-26,33H,1-2,4-7,10-12,15-16,20,24H2,3H3;1-2H3;1H3. The van der Waals surface area contributed by atoms with Crippen molar-refractivity contribution in [1.82, 2.24) is 16.6 Å². The molecule has 1 unspecified atom stereocenters. The number of nitrogens with one attached hydrogen (secondary N) is 1. The van der Waals surface area contributed by atoms with Gasteiger partial charge in [0.15, 0.2) is 0 Å². The number of allylic oxidation sites excluding steroid dienone is 4. The largest absolute Gasteiger partial charge is 0.344 e. The molecule has 0 saturated heterocycles. The Hall–Kier alpha value is -2.54. The van der Waals surface area contributed by atoms with E-state index in [0.29, 0.717) is 0 Å². The van der Waals surface area contributed by atoms with Gasteiger partial charge in [-0.1, -0.05) is 103 Å². The molecule has 0 bridgehead atoms. The minimum atomic E-state index is 0. The third kappa shape index (κ3) is 8.22. The monoisotopic (exact) mass is 499 g/mol. The summed E-state index contributed by atoms with van der Waals surface area (Å²) in [6, 6.07) is 8.83. The van der Waals surface area contributed by atoms with Crippen LogP contribution in [0.4, 0.5) is 0 Å². The first-order valence-electron chi connectivity index (χ1n) is 14.2. The van der Waals surface area contributed by atoms with Crippen LogP contribution in [0.2, 0.25) is 0 Å². The van der Waals surface area contributed by atoms with Gasteiger partial charge in [-0.05, 0) is 66.9 Å². The van der Waals surface area contributed by atoms with E-state index in [1.54, 1.807) is 0 Å². The zero-order valence-electron chi connectivity index (χ0n) is 23.6. The molecule has 1 aromatic rings. The topological polar surface area (TPSA) is 50.3 Å². The molecule has 3 heteroatoms. The van der Waals surface area contributed by atoms with E-state index < -0.39 is 0 Å². The van der Waals surface area contributed by atoms with E-state index in [4.69, 9.17) is 0 Å². The lowest BCUT2D eigenvalue weighted by atomic mass is 9.83. The van der Waals surface area contributed by atoms with Gasteiger partial charge in [-0.2, -0.15) is 0 Å². The molecule has 1 aliphatic carbocycles. The number of fused-ring (bicyclic) bond motifs is 1. The van der Waals surface area contributed by atoms with E-state index in [9.17, 15) is 0 Å². The van der Waals surface area contributed by atoms with Crippen molar-refractivity contribution < 1.29 is 0 Å². The third-order valence-corrected chi connectivity index (χ3v) is 7.52. The summed E-state index contributed by atoms with van der Waals surface area (Å²) in [5.41, 5.74) is 11.5. The first kappa shape index (κ1) is 30.7. The molecule has 2 heterocycles. The molecule has 4 rings (SSSR count). The molecule has 37 heavy (non-hydrogen) atoms. The molecular weight excluding hydrogens is 450 g/mol. The maximum atomic E-state index is 4.01. The van der Waals surface area contributed by atoms with Crippen LogP contribution >= 0.6 is 0 Å². The van der Waals surface area contributed by atoms with Crippen LogP contribution in [-0.4, -0.2) is 11.6 Å². The van der Waals surface area contributed by atoms with Crippen LogP contribution in [0, 0.1) is 37.5 Å². The highest BCUT2D eigenvalue weighted by atomic mass is 15.5. The third-order valence-electron chi connectivity index (χ3n) is 7.52. The van der Waals surface area contributed by atoms with Crippen LogP contribution in [0.3, 0.4) is 0 Å². The molecule has 1 atom stereocenters. The minimum absolute atomic E-state index is 0. The lowest BCUT2D eigenvalue weighted by molar-refractivity contribution is 0.389. The number of nitrogens with zero attached hydrogens (tertiary/aromatic N) is 1. The molecule has 0 amide bonds. The highest BCUT2D eigenvalue weighted by Crippen LogP contribution is 2.39. The van der Waals surface area contributed by atoms with E-state index in [1.807, 2.05) is 13.8 Å². The van der Waals surface area contributed by atoms with Crippen LogP contribution in [0.15, 0.2) is 65.5 Å². The summed E-state index contributed by atoms with van der Waals surface area (Å²) < 4.78 is 0. The van der Waals surface area contributed by atoms with Crippen LogP contribution in [0.25, 0.3) is 5.57 Å². The Labute approximate surface area is 227 Å². The molecule has 0 saturated carbocycles. The Morgan fingerprint density at radius 1 is 1.08 bits per heavy atom. The summed E-state index contributed by atoms with van der Waals surface area (Å²) in [5, 5.41) is 2.21. The highest BCUT2D eigenvalue weighted by Gasteiger charge is 2.29. The molecule has 2 radical (unpaired) electrons. The molecule has 200 valence electrons. The van der Waals surface area contributed by atoms with Crippen molar-refractivity contribution in [2.45, 2.75) is 85.0 Å². The predicted octanol–water partition coefficient (Wildman–Crippen LogP) is 8.97. The van der Waals surface area contributed by atoms with Gasteiger partial charge in [0.2, 0.25) is 0 Å². The van der Waals surface area contributed by atoms with E-state index in [-0.39, 0.29) is 6.15 Å². The Balaban J connectivity index is 0.00000157. The molecule has 4 N–H and O–H groups in total. The Kier molecular flexibility index (Phi) is 13.5. The second kappa shape index (κ2) is 16.3. The van der Waals surface area contributed by atoms with Gasteiger partial charge in [-0.3, -0.25) is 5.01 Å². The molecule has 2 aliphatic heterocycles. The van der Waals surface area contributed by atoms with Gasteiger partial charge < -0.3 is 6.15 Å². The summed E-state index contributed by atoms with van der Waals surface area (Å²) >= 11 is 0. The van der Waals surface area contributed by atoms with Crippen molar-refractivity contribution in [3.05, 3.63) is 90.5 Å². The summed E-state index contributed by atoms with van der Waals surface area (Å²) in [6.45, 7) is 15.2. The van der Waals surface area contributed by atoms with Gasteiger partial charge in [-0.15, -0.1) is 0 Å². The maximum absolute atomic E-state index is 4.01.